The quantitative estimate of drug-likeness (QED) is 0.715. The van der Waals surface area contributed by atoms with Crippen LogP contribution in [0.1, 0.15) is 28.8 Å². The predicted molar refractivity (Wildman–Crippen MR) is 102 cm³/mol. The molecule has 0 bridgehead atoms. The van der Waals surface area contributed by atoms with Crippen molar-refractivity contribution in [1.82, 2.24) is 5.32 Å². The molecule has 1 fully saturated rings. The van der Waals surface area contributed by atoms with E-state index in [1.54, 1.807) is 31.4 Å². The molecule has 6 heteroatoms. The molecular weight excluding hydrogens is 330 g/mol. The Hall–Kier alpha value is -3.02. The first-order valence-electron chi connectivity index (χ1n) is 8.65. The van der Waals surface area contributed by atoms with Crippen molar-refractivity contribution in [1.29, 1.82) is 0 Å². The minimum Gasteiger partial charge on any atom is -0.495 e. The summed E-state index contributed by atoms with van der Waals surface area (Å²) in [6.07, 6.45) is 2.09. The van der Waals surface area contributed by atoms with Gasteiger partial charge in [0.05, 0.1) is 19.3 Å². The first kappa shape index (κ1) is 17.8. The lowest BCUT2D eigenvalue weighted by molar-refractivity contribution is -0.114. The Bertz CT molecular complexity index is 816. The van der Waals surface area contributed by atoms with Gasteiger partial charge in [0.2, 0.25) is 5.91 Å². The number of methoxy groups -OCH3 is 1. The molecule has 26 heavy (non-hydrogen) atoms. The maximum atomic E-state index is 12.2. The number of anilines is 2. The zero-order chi connectivity index (χ0) is 18.5. The van der Waals surface area contributed by atoms with Gasteiger partial charge < -0.3 is 20.7 Å². The molecule has 3 N–H and O–H groups in total. The zero-order valence-corrected chi connectivity index (χ0v) is 15.0. The first-order chi connectivity index (χ1) is 12.6. The number of amides is 2. The fourth-order valence-corrected chi connectivity index (χ4v) is 2.57. The average molecular weight is 353 g/mol. The lowest BCUT2D eigenvalue weighted by Crippen LogP contribution is -2.26. The van der Waals surface area contributed by atoms with Gasteiger partial charge in [0.25, 0.3) is 5.91 Å². The second-order valence-electron chi connectivity index (χ2n) is 6.38. The van der Waals surface area contributed by atoms with Crippen molar-refractivity contribution in [3.05, 3.63) is 53.6 Å². The number of ether oxygens (including phenoxy) is 1. The first-order valence-corrected chi connectivity index (χ1v) is 8.65. The molecule has 0 aliphatic heterocycles. The molecule has 2 amide bonds. The fraction of sp³-hybridized carbons (Fsp3) is 0.300. The standard InChI is InChI=1S/C20H23N3O3/c1-13-7-8-14(20(25)22-15-9-10-15)11-17(13)21-12-19(24)23-16-5-3-4-6-18(16)26-2/h3-8,11,15,21H,9-10,12H2,1-2H3,(H,22,25)(H,23,24). The van der Waals surface area contributed by atoms with Crippen LogP contribution in [0.4, 0.5) is 11.4 Å². The molecule has 2 aromatic carbocycles. The lowest BCUT2D eigenvalue weighted by atomic mass is 10.1. The Morgan fingerprint density at radius 3 is 2.62 bits per heavy atom. The minimum absolute atomic E-state index is 0.0750. The molecule has 0 saturated heterocycles. The topological polar surface area (TPSA) is 79.5 Å². The summed E-state index contributed by atoms with van der Waals surface area (Å²) in [5.74, 6) is 0.339. The Morgan fingerprint density at radius 1 is 1.12 bits per heavy atom. The summed E-state index contributed by atoms with van der Waals surface area (Å²) in [5.41, 5.74) is 2.95. The predicted octanol–water partition coefficient (Wildman–Crippen LogP) is 2.95. The molecule has 0 aromatic heterocycles. The van der Waals surface area contributed by atoms with Crippen LogP contribution in [0.5, 0.6) is 5.75 Å². The van der Waals surface area contributed by atoms with Crippen molar-refractivity contribution < 1.29 is 14.3 Å². The number of carbonyl (C=O) groups excluding carboxylic acids is 2. The monoisotopic (exact) mass is 353 g/mol. The highest BCUT2D eigenvalue weighted by Gasteiger charge is 2.24. The van der Waals surface area contributed by atoms with Gasteiger partial charge in [-0.3, -0.25) is 9.59 Å². The number of nitrogens with one attached hydrogen (secondary N) is 3. The highest BCUT2D eigenvalue weighted by Crippen LogP contribution is 2.23. The summed E-state index contributed by atoms with van der Waals surface area (Å²) in [5, 5.41) is 8.89. The van der Waals surface area contributed by atoms with Crippen LogP contribution in [0.3, 0.4) is 0 Å². The molecule has 0 radical (unpaired) electrons. The third-order valence-electron chi connectivity index (χ3n) is 4.23. The van der Waals surface area contributed by atoms with Gasteiger partial charge >= 0.3 is 0 Å². The van der Waals surface area contributed by atoms with Gasteiger partial charge in [-0.15, -0.1) is 0 Å². The van der Waals surface area contributed by atoms with E-state index in [0.29, 0.717) is 23.0 Å². The summed E-state index contributed by atoms with van der Waals surface area (Å²) >= 11 is 0. The molecule has 1 aliphatic carbocycles. The number of aryl methyl sites for hydroxylation is 1. The van der Waals surface area contributed by atoms with E-state index in [2.05, 4.69) is 16.0 Å². The van der Waals surface area contributed by atoms with Gasteiger partial charge in [-0.25, -0.2) is 0 Å². The van der Waals surface area contributed by atoms with E-state index in [0.717, 1.165) is 24.1 Å². The number of hydrogen-bond acceptors (Lipinski definition) is 4. The molecule has 2 aromatic rings. The van der Waals surface area contributed by atoms with Crippen molar-refractivity contribution in [3.63, 3.8) is 0 Å². The summed E-state index contributed by atoms with van der Waals surface area (Å²) in [4.78, 5) is 24.4. The molecule has 3 rings (SSSR count). The SMILES string of the molecule is COc1ccccc1NC(=O)CNc1cc(C(=O)NC2CC2)ccc1C. The summed E-state index contributed by atoms with van der Waals surface area (Å²) in [6.45, 7) is 2.02. The number of rotatable bonds is 7. The minimum atomic E-state index is -0.193. The van der Waals surface area contributed by atoms with Gasteiger partial charge in [-0.1, -0.05) is 18.2 Å². The van der Waals surface area contributed by atoms with Gasteiger partial charge in [0, 0.05) is 17.3 Å². The van der Waals surface area contributed by atoms with Crippen LogP contribution >= 0.6 is 0 Å². The van der Waals surface area contributed by atoms with Gasteiger partial charge in [-0.2, -0.15) is 0 Å². The van der Waals surface area contributed by atoms with Gasteiger partial charge in [-0.05, 0) is 49.6 Å². The molecule has 1 saturated carbocycles. The molecular formula is C20H23N3O3. The number of carbonyl (C=O) groups is 2. The summed E-state index contributed by atoms with van der Waals surface area (Å²) in [6, 6.07) is 13.0. The van der Waals surface area contributed by atoms with E-state index in [1.807, 2.05) is 25.1 Å². The van der Waals surface area contributed by atoms with Gasteiger partial charge in [0.15, 0.2) is 0 Å². The van der Waals surface area contributed by atoms with Gasteiger partial charge in [0.1, 0.15) is 5.75 Å². The van der Waals surface area contributed by atoms with E-state index in [4.69, 9.17) is 4.74 Å². The van der Waals surface area contributed by atoms with Crippen LogP contribution in [0.15, 0.2) is 42.5 Å². The molecule has 0 unspecified atom stereocenters. The van der Waals surface area contributed by atoms with E-state index in [9.17, 15) is 9.59 Å². The number of benzene rings is 2. The van der Waals surface area contributed by atoms with E-state index in [1.165, 1.54) is 0 Å². The van der Waals surface area contributed by atoms with Crippen LogP contribution in [-0.4, -0.2) is 31.5 Å². The van der Waals surface area contributed by atoms with Crippen LogP contribution in [0.2, 0.25) is 0 Å². The van der Waals surface area contributed by atoms with Crippen LogP contribution in [-0.2, 0) is 4.79 Å². The maximum absolute atomic E-state index is 12.2. The van der Waals surface area contributed by atoms with Crippen molar-refractivity contribution in [3.8, 4) is 5.75 Å². The van der Waals surface area contributed by atoms with Crippen molar-refractivity contribution >= 4 is 23.2 Å². The smallest absolute Gasteiger partial charge is 0.251 e. The largest absolute Gasteiger partial charge is 0.495 e. The fourth-order valence-electron chi connectivity index (χ4n) is 2.57. The molecule has 6 nitrogen and oxygen atoms in total. The van der Waals surface area contributed by atoms with Crippen molar-refractivity contribution in [2.45, 2.75) is 25.8 Å². The molecule has 0 spiro atoms. The van der Waals surface area contributed by atoms with E-state index < -0.39 is 0 Å². The van der Waals surface area contributed by atoms with Crippen molar-refractivity contribution in [2.24, 2.45) is 0 Å². The number of para-hydroxylation sites is 2. The van der Waals surface area contributed by atoms with E-state index >= 15 is 0 Å². The Labute approximate surface area is 152 Å². The highest BCUT2D eigenvalue weighted by molar-refractivity contribution is 5.97. The second kappa shape index (κ2) is 7.91. The Kier molecular flexibility index (Phi) is 5.41. The third-order valence-corrected chi connectivity index (χ3v) is 4.23. The Balaban J connectivity index is 1.61. The molecule has 0 atom stereocenters. The van der Waals surface area contributed by atoms with Crippen LogP contribution in [0, 0.1) is 6.92 Å². The maximum Gasteiger partial charge on any atom is 0.251 e. The van der Waals surface area contributed by atoms with E-state index in [-0.39, 0.29) is 18.4 Å². The summed E-state index contributed by atoms with van der Waals surface area (Å²) < 4.78 is 5.23. The normalized spacial score (nSPS) is 13.0. The van der Waals surface area contributed by atoms with Crippen molar-refractivity contribution in [2.75, 3.05) is 24.3 Å². The van der Waals surface area contributed by atoms with Crippen LogP contribution < -0.4 is 20.7 Å². The summed E-state index contributed by atoms with van der Waals surface area (Å²) in [7, 11) is 1.56. The second-order valence-corrected chi connectivity index (χ2v) is 6.38. The highest BCUT2D eigenvalue weighted by atomic mass is 16.5. The molecule has 0 heterocycles. The van der Waals surface area contributed by atoms with Crippen LogP contribution in [0.25, 0.3) is 0 Å². The number of hydrogen-bond donors (Lipinski definition) is 3. The molecule has 136 valence electrons. The molecule has 1 aliphatic rings. The lowest BCUT2D eigenvalue weighted by Gasteiger charge is -2.13. The third kappa shape index (κ3) is 4.53. The average Bonchev–Trinajstić information content (AvgIpc) is 3.45. The zero-order valence-electron chi connectivity index (χ0n) is 15.0. The Morgan fingerprint density at radius 2 is 1.88 bits per heavy atom.